The van der Waals surface area contributed by atoms with Crippen LogP contribution in [0.15, 0.2) is 70.6 Å². The van der Waals surface area contributed by atoms with E-state index in [-0.39, 0.29) is 21.4 Å². The van der Waals surface area contributed by atoms with E-state index in [4.69, 9.17) is 20.5 Å². The highest BCUT2D eigenvalue weighted by Gasteiger charge is 2.21. The molecule has 0 spiro atoms. The van der Waals surface area contributed by atoms with Gasteiger partial charge < -0.3 is 8.92 Å². The minimum absolute atomic E-state index is 0.0266. The van der Waals surface area contributed by atoms with Gasteiger partial charge in [-0.2, -0.15) is 8.42 Å². The number of hydrogen-bond donors (Lipinski definition) is 0. The quantitative estimate of drug-likeness (QED) is 0.384. The van der Waals surface area contributed by atoms with Gasteiger partial charge in [0.05, 0.1) is 17.8 Å². The summed E-state index contributed by atoms with van der Waals surface area (Å²) in [4.78, 5) is 4.53. The van der Waals surface area contributed by atoms with Crippen molar-refractivity contribution in [3.63, 3.8) is 0 Å². The standard InChI is InChI=1S/C22H20ClNO4S/c1-15-9-10-16(2)20(11-15)24-14-17-12-19(23)22(21(13-17)27-3)28-29(25,26)18-7-5-4-6-8-18/h4-14H,1-3H3. The first-order valence-electron chi connectivity index (χ1n) is 8.78. The molecular weight excluding hydrogens is 410 g/mol. The van der Waals surface area contributed by atoms with Crippen LogP contribution in [-0.4, -0.2) is 21.7 Å². The lowest BCUT2D eigenvalue weighted by Gasteiger charge is -2.13. The van der Waals surface area contributed by atoms with Crippen LogP contribution in [0.4, 0.5) is 5.69 Å². The number of halogens is 1. The van der Waals surface area contributed by atoms with Crippen molar-refractivity contribution in [1.29, 1.82) is 0 Å². The van der Waals surface area contributed by atoms with Crippen LogP contribution in [0.5, 0.6) is 11.5 Å². The van der Waals surface area contributed by atoms with Gasteiger partial charge in [-0.3, -0.25) is 4.99 Å². The third-order valence-corrected chi connectivity index (χ3v) is 5.71. The first-order chi connectivity index (χ1) is 13.8. The van der Waals surface area contributed by atoms with E-state index < -0.39 is 10.1 Å². The van der Waals surface area contributed by atoms with Gasteiger partial charge >= 0.3 is 10.1 Å². The molecule has 0 unspecified atom stereocenters. The molecule has 0 aliphatic carbocycles. The molecule has 0 saturated carbocycles. The third kappa shape index (κ3) is 4.96. The van der Waals surface area contributed by atoms with E-state index in [1.54, 1.807) is 36.5 Å². The molecule has 0 fully saturated rings. The highest BCUT2D eigenvalue weighted by molar-refractivity contribution is 7.87. The number of methoxy groups -OCH3 is 1. The van der Waals surface area contributed by atoms with Gasteiger partial charge in [-0.15, -0.1) is 0 Å². The summed E-state index contributed by atoms with van der Waals surface area (Å²) in [6, 6.07) is 17.0. The Bertz CT molecular complexity index is 1160. The average molecular weight is 430 g/mol. The summed E-state index contributed by atoms with van der Waals surface area (Å²) in [5.41, 5.74) is 3.64. The Kier molecular flexibility index (Phi) is 6.25. The predicted molar refractivity (Wildman–Crippen MR) is 115 cm³/mol. The lowest BCUT2D eigenvalue weighted by Crippen LogP contribution is -2.11. The van der Waals surface area contributed by atoms with Crippen molar-refractivity contribution in [2.75, 3.05) is 7.11 Å². The van der Waals surface area contributed by atoms with Crippen LogP contribution in [0.25, 0.3) is 0 Å². The zero-order valence-corrected chi connectivity index (χ0v) is 17.8. The van der Waals surface area contributed by atoms with Gasteiger partial charge in [0.15, 0.2) is 5.75 Å². The first-order valence-corrected chi connectivity index (χ1v) is 10.6. The maximum atomic E-state index is 12.5. The van der Waals surface area contributed by atoms with Crippen LogP contribution in [0.3, 0.4) is 0 Å². The molecule has 0 amide bonds. The number of benzene rings is 3. The minimum Gasteiger partial charge on any atom is -0.493 e. The van der Waals surface area contributed by atoms with Crippen molar-refractivity contribution in [2.24, 2.45) is 4.99 Å². The predicted octanol–water partition coefficient (Wildman–Crippen LogP) is 5.48. The second kappa shape index (κ2) is 8.68. The maximum absolute atomic E-state index is 12.5. The largest absolute Gasteiger partial charge is 0.493 e. The fourth-order valence-electron chi connectivity index (χ4n) is 2.64. The second-order valence-corrected chi connectivity index (χ2v) is 8.39. The number of hydrogen-bond acceptors (Lipinski definition) is 5. The summed E-state index contributed by atoms with van der Waals surface area (Å²) in [5.74, 6) is 0.126. The Hall–Kier alpha value is -2.83. The smallest absolute Gasteiger partial charge is 0.339 e. The van der Waals surface area contributed by atoms with E-state index in [2.05, 4.69) is 4.99 Å². The van der Waals surface area contributed by atoms with E-state index in [0.29, 0.717) is 5.56 Å². The first kappa shape index (κ1) is 20.9. The maximum Gasteiger partial charge on any atom is 0.339 e. The van der Waals surface area contributed by atoms with Crippen molar-refractivity contribution in [3.05, 3.63) is 82.4 Å². The Morgan fingerprint density at radius 2 is 1.72 bits per heavy atom. The molecule has 0 heterocycles. The average Bonchev–Trinajstić information content (AvgIpc) is 2.71. The van der Waals surface area contributed by atoms with Crippen LogP contribution in [0.1, 0.15) is 16.7 Å². The molecule has 3 aromatic carbocycles. The molecular formula is C22H20ClNO4S. The molecule has 0 bridgehead atoms. The van der Waals surface area contributed by atoms with E-state index in [1.807, 2.05) is 32.0 Å². The molecule has 3 rings (SSSR count). The number of aliphatic imine (C=N–C) groups is 1. The Morgan fingerprint density at radius 3 is 2.41 bits per heavy atom. The Balaban J connectivity index is 1.94. The van der Waals surface area contributed by atoms with Gasteiger partial charge in [0.25, 0.3) is 0 Å². The van der Waals surface area contributed by atoms with E-state index in [0.717, 1.165) is 16.8 Å². The summed E-state index contributed by atoms with van der Waals surface area (Å²) in [6.45, 7) is 3.97. The van der Waals surface area contributed by atoms with Gasteiger partial charge in [0, 0.05) is 6.21 Å². The zero-order chi connectivity index (χ0) is 21.0. The molecule has 150 valence electrons. The lowest BCUT2D eigenvalue weighted by atomic mass is 10.1. The fraction of sp³-hybridized carbons (Fsp3) is 0.136. The molecule has 0 aromatic heterocycles. The van der Waals surface area contributed by atoms with Gasteiger partial charge in [0.2, 0.25) is 5.75 Å². The molecule has 0 atom stereocenters. The van der Waals surface area contributed by atoms with Gasteiger partial charge in [-0.05, 0) is 60.9 Å². The molecule has 0 aliphatic rings. The number of ether oxygens (including phenoxy) is 1. The van der Waals surface area contributed by atoms with Crippen molar-refractivity contribution in [2.45, 2.75) is 18.7 Å². The van der Waals surface area contributed by atoms with Crippen LogP contribution < -0.4 is 8.92 Å². The van der Waals surface area contributed by atoms with Gasteiger partial charge in [-0.1, -0.05) is 41.9 Å². The van der Waals surface area contributed by atoms with Crippen molar-refractivity contribution >= 4 is 33.6 Å². The Morgan fingerprint density at radius 1 is 1.00 bits per heavy atom. The minimum atomic E-state index is -4.05. The Labute approximate surface area is 175 Å². The SMILES string of the molecule is COc1cc(C=Nc2cc(C)ccc2C)cc(Cl)c1OS(=O)(=O)c1ccccc1. The van der Waals surface area contributed by atoms with Crippen LogP contribution in [0, 0.1) is 13.8 Å². The normalized spacial score (nSPS) is 11.6. The van der Waals surface area contributed by atoms with E-state index >= 15 is 0 Å². The van der Waals surface area contributed by atoms with E-state index in [1.165, 1.54) is 19.2 Å². The summed E-state index contributed by atoms with van der Waals surface area (Å²) in [7, 11) is -2.63. The molecule has 0 radical (unpaired) electrons. The third-order valence-electron chi connectivity index (χ3n) is 4.19. The molecule has 0 N–H and O–H groups in total. The second-order valence-electron chi connectivity index (χ2n) is 6.43. The van der Waals surface area contributed by atoms with Crippen molar-refractivity contribution < 1.29 is 17.3 Å². The van der Waals surface area contributed by atoms with Gasteiger partial charge in [0.1, 0.15) is 4.90 Å². The van der Waals surface area contributed by atoms with Crippen LogP contribution in [-0.2, 0) is 10.1 Å². The summed E-state index contributed by atoms with van der Waals surface area (Å²) in [5, 5.41) is 0.103. The van der Waals surface area contributed by atoms with E-state index in [9.17, 15) is 8.42 Å². The summed E-state index contributed by atoms with van der Waals surface area (Å²) in [6.07, 6.45) is 1.64. The van der Waals surface area contributed by atoms with Gasteiger partial charge in [-0.25, -0.2) is 0 Å². The number of nitrogens with zero attached hydrogens (tertiary/aromatic N) is 1. The molecule has 3 aromatic rings. The van der Waals surface area contributed by atoms with Crippen LogP contribution in [0.2, 0.25) is 5.02 Å². The fourth-order valence-corrected chi connectivity index (χ4v) is 3.92. The number of rotatable bonds is 6. The van der Waals surface area contributed by atoms with Crippen molar-refractivity contribution in [1.82, 2.24) is 0 Å². The molecule has 7 heteroatoms. The topological polar surface area (TPSA) is 65.0 Å². The summed E-state index contributed by atoms with van der Waals surface area (Å²) >= 11 is 6.31. The molecule has 5 nitrogen and oxygen atoms in total. The molecule has 0 aliphatic heterocycles. The monoisotopic (exact) mass is 429 g/mol. The zero-order valence-electron chi connectivity index (χ0n) is 16.2. The lowest BCUT2D eigenvalue weighted by molar-refractivity contribution is 0.390. The molecule has 29 heavy (non-hydrogen) atoms. The highest BCUT2D eigenvalue weighted by atomic mass is 35.5. The van der Waals surface area contributed by atoms with Crippen molar-refractivity contribution in [3.8, 4) is 11.5 Å². The summed E-state index contributed by atoms with van der Waals surface area (Å²) < 4.78 is 35.6. The highest BCUT2D eigenvalue weighted by Crippen LogP contribution is 2.38. The van der Waals surface area contributed by atoms with Crippen LogP contribution >= 0.6 is 11.6 Å². The molecule has 0 saturated heterocycles. The number of aryl methyl sites for hydroxylation is 2.